The Morgan fingerprint density at radius 2 is 1.93 bits per heavy atom. The number of nitro groups is 1. The van der Waals surface area contributed by atoms with Gasteiger partial charge in [0.25, 0.3) is 11.6 Å². The third-order valence-corrected chi connectivity index (χ3v) is 4.07. The SMILES string of the molecule is Cc1cc(Cl)ccc1OC(C)C(=O)OCC(=O)Nc1c(C)cccc1[N+](=O)[O-]. The van der Waals surface area contributed by atoms with Crippen LogP contribution in [-0.2, 0) is 14.3 Å². The molecule has 148 valence electrons. The van der Waals surface area contributed by atoms with Crippen LogP contribution in [0, 0.1) is 24.0 Å². The Morgan fingerprint density at radius 3 is 2.57 bits per heavy atom. The Hall–Kier alpha value is -3.13. The van der Waals surface area contributed by atoms with Gasteiger partial charge in [0.05, 0.1) is 4.92 Å². The number of carbonyl (C=O) groups excluding carboxylic acids is 2. The molecule has 9 heteroatoms. The molecule has 8 nitrogen and oxygen atoms in total. The van der Waals surface area contributed by atoms with E-state index in [0.717, 1.165) is 5.56 Å². The number of carbonyl (C=O) groups is 2. The number of nitro benzene ring substituents is 1. The summed E-state index contributed by atoms with van der Waals surface area (Å²) in [7, 11) is 0. The molecule has 0 bridgehead atoms. The molecule has 0 saturated heterocycles. The highest BCUT2D eigenvalue weighted by molar-refractivity contribution is 6.30. The number of hydrogen-bond acceptors (Lipinski definition) is 6. The van der Waals surface area contributed by atoms with Crippen LogP contribution in [0.25, 0.3) is 0 Å². The number of para-hydroxylation sites is 1. The minimum atomic E-state index is -0.958. The molecule has 1 unspecified atom stereocenters. The lowest BCUT2D eigenvalue weighted by atomic mass is 10.1. The lowest BCUT2D eigenvalue weighted by Crippen LogP contribution is -2.30. The molecule has 2 aromatic rings. The van der Waals surface area contributed by atoms with E-state index < -0.39 is 29.5 Å². The Kier molecular flexibility index (Phi) is 6.94. The number of nitrogens with one attached hydrogen (secondary N) is 1. The van der Waals surface area contributed by atoms with Crippen LogP contribution < -0.4 is 10.1 Å². The van der Waals surface area contributed by atoms with Gasteiger partial charge in [0.15, 0.2) is 12.7 Å². The van der Waals surface area contributed by atoms with Gasteiger partial charge in [0, 0.05) is 11.1 Å². The zero-order chi connectivity index (χ0) is 20.8. The molecule has 0 fully saturated rings. The van der Waals surface area contributed by atoms with Gasteiger partial charge in [-0.3, -0.25) is 14.9 Å². The van der Waals surface area contributed by atoms with Crippen molar-refractivity contribution in [1.82, 2.24) is 0 Å². The molecule has 0 saturated carbocycles. The van der Waals surface area contributed by atoms with Crippen molar-refractivity contribution < 1.29 is 24.0 Å². The third-order valence-electron chi connectivity index (χ3n) is 3.83. The Morgan fingerprint density at radius 1 is 1.21 bits per heavy atom. The van der Waals surface area contributed by atoms with Crippen molar-refractivity contribution in [3.8, 4) is 5.75 Å². The molecule has 0 aliphatic rings. The summed E-state index contributed by atoms with van der Waals surface area (Å²) in [5.41, 5.74) is 1.09. The summed E-state index contributed by atoms with van der Waals surface area (Å²) in [4.78, 5) is 34.6. The number of rotatable bonds is 7. The van der Waals surface area contributed by atoms with E-state index in [4.69, 9.17) is 21.1 Å². The number of anilines is 1. The van der Waals surface area contributed by atoms with E-state index in [1.54, 1.807) is 38.1 Å². The quantitative estimate of drug-likeness (QED) is 0.425. The molecule has 1 amide bonds. The maximum atomic E-state index is 12.1. The fraction of sp³-hybridized carbons (Fsp3) is 0.263. The lowest BCUT2D eigenvalue weighted by molar-refractivity contribution is -0.384. The highest BCUT2D eigenvalue weighted by Crippen LogP contribution is 2.27. The second kappa shape index (κ2) is 9.18. The Bertz CT molecular complexity index is 915. The van der Waals surface area contributed by atoms with Gasteiger partial charge in [-0.05, 0) is 50.1 Å². The summed E-state index contributed by atoms with van der Waals surface area (Å²) in [5, 5.41) is 14.0. The maximum absolute atomic E-state index is 12.1. The lowest BCUT2D eigenvalue weighted by Gasteiger charge is -2.16. The van der Waals surface area contributed by atoms with Crippen LogP contribution >= 0.6 is 11.6 Å². The summed E-state index contributed by atoms with van der Waals surface area (Å²) in [6.45, 7) is 4.29. The first-order valence-corrected chi connectivity index (χ1v) is 8.70. The van der Waals surface area contributed by atoms with Crippen molar-refractivity contribution in [1.29, 1.82) is 0 Å². The van der Waals surface area contributed by atoms with E-state index in [9.17, 15) is 19.7 Å². The van der Waals surface area contributed by atoms with Gasteiger partial charge in [0.1, 0.15) is 11.4 Å². The zero-order valence-corrected chi connectivity index (χ0v) is 16.3. The number of aryl methyl sites for hydroxylation is 2. The largest absolute Gasteiger partial charge is 0.479 e. The second-order valence-corrected chi connectivity index (χ2v) is 6.49. The molecule has 0 aliphatic heterocycles. The van der Waals surface area contributed by atoms with Crippen molar-refractivity contribution in [3.63, 3.8) is 0 Å². The molecule has 1 atom stereocenters. The minimum Gasteiger partial charge on any atom is -0.479 e. The molecule has 0 radical (unpaired) electrons. The van der Waals surface area contributed by atoms with Crippen LogP contribution in [0.3, 0.4) is 0 Å². The van der Waals surface area contributed by atoms with Gasteiger partial charge in [-0.15, -0.1) is 0 Å². The number of halogens is 1. The van der Waals surface area contributed by atoms with E-state index in [1.165, 1.54) is 19.1 Å². The summed E-state index contributed by atoms with van der Waals surface area (Å²) in [5.74, 6) is -0.974. The average molecular weight is 407 g/mol. The van der Waals surface area contributed by atoms with E-state index >= 15 is 0 Å². The molecule has 0 heterocycles. The third kappa shape index (κ3) is 5.43. The van der Waals surface area contributed by atoms with Crippen molar-refractivity contribution in [2.75, 3.05) is 11.9 Å². The van der Waals surface area contributed by atoms with Crippen LogP contribution in [-0.4, -0.2) is 29.5 Å². The monoisotopic (exact) mass is 406 g/mol. The van der Waals surface area contributed by atoms with E-state index in [2.05, 4.69) is 5.32 Å². The van der Waals surface area contributed by atoms with Gasteiger partial charge < -0.3 is 14.8 Å². The first kappa shape index (κ1) is 21.2. The minimum absolute atomic E-state index is 0.0645. The van der Waals surface area contributed by atoms with E-state index in [0.29, 0.717) is 16.3 Å². The van der Waals surface area contributed by atoms with Gasteiger partial charge in [-0.2, -0.15) is 0 Å². The second-order valence-electron chi connectivity index (χ2n) is 6.05. The number of ether oxygens (including phenoxy) is 2. The Labute approximate surface area is 166 Å². The Balaban J connectivity index is 1.94. The van der Waals surface area contributed by atoms with Gasteiger partial charge in [-0.1, -0.05) is 23.7 Å². The van der Waals surface area contributed by atoms with Crippen molar-refractivity contribution in [3.05, 3.63) is 62.7 Å². The van der Waals surface area contributed by atoms with Crippen molar-refractivity contribution in [2.24, 2.45) is 0 Å². The van der Waals surface area contributed by atoms with Gasteiger partial charge >= 0.3 is 5.97 Å². The van der Waals surface area contributed by atoms with Crippen LogP contribution in [0.15, 0.2) is 36.4 Å². The number of nitrogens with zero attached hydrogens (tertiary/aromatic N) is 1. The molecule has 28 heavy (non-hydrogen) atoms. The van der Waals surface area contributed by atoms with Crippen LogP contribution in [0.2, 0.25) is 5.02 Å². The van der Waals surface area contributed by atoms with Gasteiger partial charge in [0.2, 0.25) is 0 Å². The standard InChI is InChI=1S/C19H19ClN2O6/c1-11-5-4-6-15(22(25)26)18(11)21-17(23)10-27-19(24)13(3)28-16-8-7-14(20)9-12(16)2/h4-9,13H,10H2,1-3H3,(H,21,23). The summed E-state index contributed by atoms with van der Waals surface area (Å²) < 4.78 is 10.5. The summed E-state index contributed by atoms with van der Waals surface area (Å²) in [6, 6.07) is 9.37. The zero-order valence-electron chi connectivity index (χ0n) is 15.5. The molecule has 0 spiro atoms. The van der Waals surface area contributed by atoms with Crippen LogP contribution in [0.4, 0.5) is 11.4 Å². The molecule has 2 aromatic carbocycles. The van der Waals surface area contributed by atoms with Crippen molar-refractivity contribution >= 4 is 34.9 Å². The van der Waals surface area contributed by atoms with Crippen LogP contribution in [0.5, 0.6) is 5.75 Å². The van der Waals surface area contributed by atoms with Crippen molar-refractivity contribution in [2.45, 2.75) is 26.9 Å². The number of esters is 1. The predicted octanol–water partition coefficient (Wildman–Crippen LogP) is 3.81. The van der Waals surface area contributed by atoms with Crippen LogP contribution in [0.1, 0.15) is 18.1 Å². The number of benzene rings is 2. The predicted molar refractivity (Wildman–Crippen MR) is 104 cm³/mol. The van der Waals surface area contributed by atoms with E-state index in [-0.39, 0.29) is 11.4 Å². The normalized spacial score (nSPS) is 11.4. The summed E-state index contributed by atoms with van der Waals surface area (Å²) in [6.07, 6.45) is -0.958. The molecular formula is C19H19ClN2O6. The van der Waals surface area contributed by atoms with Gasteiger partial charge in [-0.25, -0.2) is 4.79 Å². The highest BCUT2D eigenvalue weighted by atomic mass is 35.5. The fourth-order valence-electron chi connectivity index (χ4n) is 2.38. The molecule has 2 rings (SSSR count). The molecule has 1 N–H and O–H groups in total. The molecule has 0 aromatic heterocycles. The summed E-state index contributed by atoms with van der Waals surface area (Å²) >= 11 is 5.88. The molecular weight excluding hydrogens is 388 g/mol. The smallest absolute Gasteiger partial charge is 0.347 e. The maximum Gasteiger partial charge on any atom is 0.347 e. The highest BCUT2D eigenvalue weighted by Gasteiger charge is 2.21. The fourth-order valence-corrected chi connectivity index (χ4v) is 2.61. The molecule has 0 aliphatic carbocycles. The number of hydrogen-bond donors (Lipinski definition) is 1. The first-order valence-electron chi connectivity index (χ1n) is 8.32. The van der Waals surface area contributed by atoms with E-state index in [1.807, 2.05) is 0 Å². The average Bonchev–Trinajstić information content (AvgIpc) is 2.63. The topological polar surface area (TPSA) is 108 Å². The number of amides is 1. The first-order chi connectivity index (χ1) is 13.2.